The van der Waals surface area contributed by atoms with Gasteiger partial charge >= 0.3 is 12.0 Å². The summed E-state index contributed by atoms with van der Waals surface area (Å²) < 4.78 is 38.3. The molecule has 0 aliphatic carbocycles. The second kappa shape index (κ2) is 6.70. The molecule has 8 heteroatoms. The number of nitrogens with zero attached hydrogens (tertiary/aromatic N) is 1. The van der Waals surface area contributed by atoms with Crippen LogP contribution in [-0.4, -0.2) is 34.3 Å². The van der Waals surface area contributed by atoms with Gasteiger partial charge < -0.3 is 9.15 Å². The number of halogens is 2. The maximum absolute atomic E-state index is 13.3. The van der Waals surface area contributed by atoms with E-state index in [1.807, 2.05) is 0 Å². The highest BCUT2D eigenvalue weighted by atomic mass is 19.3. The van der Waals surface area contributed by atoms with Gasteiger partial charge in [-0.05, 0) is 32.9 Å². The van der Waals surface area contributed by atoms with E-state index in [-0.39, 0.29) is 0 Å². The fraction of sp³-hybridized carbons (Fsp3) is 0.250. The first-order valence-corrected chi connectivity index (χ1v) is 8.35. The Morgan fingerprint density at radius 2 is 1.86 bits per heavy atom. The van der Waals surface area contributed by atoms with Gasteiger partial charge in [-0.25, -0.2) is 4.79 Å². The summed E-state index contributed by atoms with van der Waals surface area (Å²) in [6.45, 7) is 5.20. The van der Waals surface area contributed by atoms with Gasteiger partial charge in [-0.15, -0.1) is 0 Å². The average molecular weight is 389 g/mol. The molecule has 3 rings (SSSR count). The summed E-state index contributed by atoms with van der Waals surface area (Å²) in [6.07, 6.45) is 1.26. The predicted octanol–water partition coefficient (Wildman–Crippen LogP) is 4.70. The van der Waals surface area contributed by atoms with Gasteiger partial charge in [0.2, 0.25) is 0 Å². The lowest BCUT2D eigenvalue weighted by Crippen LogP contribution is -2.29. The van der Waals surface area contributed by atoms with Gasteiger partial charge in [0.25, 0.3) is 5.78 Å². The molecule has 1 aromatic carbocycles. The SMILES string of the molecule is CC(C)(C)OC(=O)n1cc(-c2coc(C(=O)C(F)(F)C=O)c2)c2ccccc21. The average Bonchev–Trinajstić information content (AvgIpc) is 3.24. The van der Waals surface area contributed by atoms with Gasteiger partial charge in [0, 0.05) is 22.7 Å². The first kappa shape index (κ1) is 19.5. The van der Waals surface area contributed by atoms with Gasteiger partial charge in [0.1, 0.15) is 5.60 Å². The van der Waals surface area contributed by atoms with E-state index in [9.17, 15) is 23.2 Å². The van der Waals surface area contributed by atoms with Crippen LogP contribution in [0.4, 0.5) is 13.6 Å². The molecule has 6 nitrogen and oxygen atoms in total. The maximum atomic E-state index is 13.3. The van der Waals surface area contributed by atoms with E-state index < -0.39 is 35.4 Å². The molecule has 0 radical (unpaired) electrons. The first-order valence-electron chi connectivity index (χ1n) is 8.35. The fourth-order valence-electron chi connectivity index (χ4n) is 2.69. The third-order valence-electron chi connectivity index (χ3n) is 3.89. The molecule has 2 aromatic heterocycles. The Bertz CT molecular complexity index is 1070. The van der Waals surface area contributed by atoms with Crippen LogP contribution in [0.5, 0.6) is 0 Å². The van der Waals surface area contributed by atoms with Crippen LogP contribution in [-0.2, 0) is 9.53 Å². The number of carbonyl (C=O) groups excluding carboxylic acids is 3. The van der Waals surface area contributed by atoms with Gasteiger partial charge in [-0.1, -0.05) is 18.2 Å². The van der Waals surface area contributed by atoms with Crippen LogP contribution >= 0.6 is 0 Å². The third kappa shape index (κ3) is 3.58. The Labute approximate surface area is 158 Å². The summed E-state index contributed by atoms with van der Waals surface area (Å²) in [5.41, 5.74) is 0.624. The normalized spacial score (nSPS) is 12.2. The summed E-state index contributed by atoms with van der Waals surface area (Å²) in [5, 5.41) is 0.635. The molecule has 0 atom stereocenters. The number of aldehydes is 1. The van der Waals surface area contributed by atoms with Crippen molar-refractivity contribution in [3.8, 4) is 11.1 Å². The number of benzene rings is 1. The van der Waals surface area contributed by atoms with Crippen molar-refractivity contribution in [3.63, 3.8) is 0 Å². The van der Waals surface area contributed by atoms with E-state index in [2.05, 4.69) is 0 Å². The molecule has 0 bridgehead atoms. The van der Waals surface area contributed by atoms with Crippen LogP contribution in [0.2, 0.25) is 0 Å². The number of hydrogen-bond acceptors (Lipinski definition) is 5. The highest BCUT2D eigenvalue weighted by Gasteiger charge is 2.41. The lowest BCUT2D eigenvalue weighted by molar-refractivity contribution is -0.123. The summed E-state index contributed by atoms with van der Waals surface area (Å²) in [5.74, 6) is -6.55. The highest BCUT2D eigenvalue weighted by molar-refractivity contribution is 6.09. The molecule has 0 saturated carbocycles. The van der Waals surface area contributed by atoms with Crippen LogP contribution in [0.25, 0.3) is 22.0 Å². The van der Waals surface area contributed by atoms with E-state index in [4.69, 9.17) is 9.15 Å². The molecular formula is C20H17F2NO5. The summed E-state index contributed by atoms with van der Waals surface area (Å²) in [4.78, 5) is 34.7. The van der Waals surface area contributed by atoms with Crippen LogP contribution in [0, 0.1) is 0 Å². The zero-order valence-corrected chi connectivity index (χ0v) is 15.4. The second-order valence-electron chi connectivity index (χ2n) is 7.18. The van der Waals surface area contributed by atoms with E-state index in [0.717, 1.165) is 12.3 Å². The number of alkyl halides is 2. The van der Waals surface area contributed by atoms with E-state index in [1.54, 1.807) is 45.0 Å². The van der Waals surface area contributed by atoms with Crippen molar-refractivity contribution in [3.05, 3.63) is 48.6 Å². The predicted molar refractivity (Wildman–Crippen MR) is 96.6 cm³/mol. The lowest BCUT2D eigenvalue weighted by atomic mass is 10.1. The number of Topliss-reactive ketones (excluding diaryl/α,β-unsaturated/α-hetero) is 1. The minimum atomic E-state index is -4.17. The van der Waals surface area contributed by atoms with Crippen molar-refractivity contribution in [1.29, 1.82) is 0 Å². The number of hydrogen-bond donors (Lipinski definition) is 0. The standard InChI is InChI=1S/C20H17F2NO5/c1-19(2,3)28-18(26)23-9-14(13-6-4-5-7-15(13)23)12-8-16(27-10-12)17(25)20(21,22)11-24/h4-11H,1-3H3. The Kier molecular flexibility index (Phi) is 4.66. The largest absolute Gasteiger partial charge is 0.460 e. The van der Waals surface area contributed by atoms with Gasteiger partial charge in [0.05, 0.1) is 11.8 Å². The van der Waals surface area contributed by atoms with Crippen molar-refractivity contribution in [2.75, 3.05) is 0 Å². The molecule has 2 heterocycles. The lowest BCUT2D eigenvalue weighted by Gasteiger charge is -2.19. The second-order valence-corrected chi connectivity index (χ2v) is 7.18. The smallest absolute Gasteiger partial charge is 0.419 e. The Hall–Kier alpha value is -3.29. The topological polar surface area (TPSA) is 78.5 Å². The molecule has 0 unspecified atom stereocenters. The number of carbonyl (C=O) groups is 3. The van der Waals surface area contributed by atoms with E-state index in [0.29, 0.717) is 22.0 Å². The molecule has 0 fully saturated rings. The van der Waals surface area contributed by atoms with Gasteiger partial charge in [-0.3, -0.25) is 14.2 Å². The third-order valence-corrected chi connectivity index (χ3v) is 3.89. The van der Waals surface area contributed by atoms with Crippen molar-refractivity contribution < 1.29 is 32.3 Å². The molecule has 3 aromatic rings. The molecule has 0 amide bonds. The molecular weight excluding hydrogens is 372 g/mol. The maximum Gasteiger partial charge on any atom is 0.419 e. The highest BCUT2D eigenvalue weighted by Crippen LogP contribution is 2.33. The van der Waals surface area contributed by atoms with Crippen molar-refractivity contribution in [1.82, 2.24) is 4.57 Å². The fourth-order valence-corrected chi connectivity index (χ4v) is 2.69. The van der Waals surface area contributed by atoms with Crippen LogP contribution in [0.3, 0.4) is 0 Å². The zero-order valence-electron chi connectivity index (χ0n) is 15.4. The van der Waals surface area contributed by atoms with Crippen LogP contribution < -0.4 is 0 Å². The van der Waals surface area contributed by atoms with Crippen LogP contribution in [0.15, 0.2) is 47.2 Å². The van der Waals surface area contributed by atoms with Crippen molar-refractivity contribution in [2.45, 2.75) is 32.3 Å². The number of rotatable bonds is 4. The minimum Gasteiger partial charge on any atom is -0.460 e. The molecule has 0 spiro atoms. The van der Waals surface area contributed by atoms with Gasteiger partial charge in [0.15, 0.2) is 12.0 Å². The van der Waals surface area contributed by atoms with E-state index in [1.165, 1.54) is 10.8 Å². The van der Waals surface area contributed by atoms with E-state index >= 15 is 0 Å². The van der Waals surface area contributed by atoms with Crippen molar-refractivity contribution in [2.24, 2.45) is 0 Å². The molecule has 0 aliphatic heterocycles. The molecule has 0 aliphatic rings. The minimum absolute atomic E-state index is 0.309. The quantitative estimate of drug-likeness (QED) is 0.367. The summed E-state index contributed by atoms with van der Waals surface area (Å²) >= 11 is 0. The number of fused-ring (bicyclic) bond motifs is 1. The van der Waals surface area contributed by atoms with Crippen molar-refractivity contribution >= 4 is 29.1 Å². The number of para-hydroxylation sites is 1. The molecule has 0 saturated heterocycles. The molecule has 28 heavy (non-hydrogen) atoms. The zero-order chi connectivity index (χ0) is 20.7. The number of aromatic nitrogens is 1. The summed E-state index contributed by atoms with van der Waals surface area (Å²) in [7, 11) is 0. The molecule has 146 valence electrons. The van der Waals surface area contributed by atoms with Gasteiger partial charge in [-0.2, -0.15) is 8.78 Å². The monoisotopic (exact) mass is 389 g/mol. The molecule has 0 N–H and O–H groups in total. The first-order chi connectivity index (χ1) is 13.0. The number of ketones is 1. The Morgan fingerprint density at radius 1 is 1.18 bits per heavy atom. The number of ether oxygens (including phenoxy) is 1. The summed E-state index contributed by atoms with van der Waals surface area (Å²) in [6, 6.07) is 8.04. The Morgan fingerprint density at radius 3 is 2.50 bits per heavy atom. The van der Waals surface area contributed by atoms with Crippen LogP contribution in [0.1, 0.15) is 31.3 Å². The Balaban J connectivity index is 2.07. The number of furan rings is 1.